The molecule has 148 valence electrons. The van der Waals surface area contributed by atoms with Crippen molar-refractivity contribution in [2.75, 3.05) is 24.9 Å². The van der Waals surface area contributed by atoms with E-state index in [4.69, 9.17) is 9.47 Å². The SMILES string of the molecule is COc1ccc(Nc2ccnc(C(=O)Nc3ccc(C(C)=O)cc3)c2)cc1OC. The number of ketones is 1. The fourth-order valence-electron chi connectivity index (χ4n) is 2.70. The number of nitrogens with zero attached hydrogens (tertiary/aromatic N) is 1. The molecule has 0 aliphatic carbocycles. The van der Waals surface area contributed by atoms with Crippen molar-refractivity contribution in [3.63, 3.8) is 0 Å². The quantitative estimate of drug-likeness (QED) is 0.584. The summed E-state index contributed by atoms with van der Waals surface area (Å²) in [7, 11) is 3.14. The number of aromatic nitrogens is 1. The molecule has 0 spiro atoms. The van der Waals surface area contributed by atoms with Crippen molar-refractivity contribution in [1.29, 1.82) is 0 Å². The molecule has 0 fully saturated rings. The maximum Gasteiger partial charge on any atom is 0.274 e. The number of rotatable bonds is 7. The first-order valence-electron chi connectivity index (χ1n) is 8.87. The average Bonchev–Trinajstić information content (AvgIpc) is 2.74. The third-order valence-corrected chi connectivity index (χ3v) is 4.21. The van der Waals surface area contributed by atoms with Crippen LogP contribution in [0.5, 0.6) is 11.5 Å². The summed E-state index contributed by atoms with van der Waals surface area (Å²) in [6, 6.07) is 15.5. The summed E-state index contributed by atoms with van der Waals surface area (Å²) in [6.45, 7) is 1.49. The molecule has 0 saturated heterocycles. The van der Waals surface area contributed by atoms with Gasteiger partial charge in [-0.15, -0.1) is 0 Å². The van der Waals surface area contributed by atoms with E-state index in [9.17, 15) is 9.59 Å². The fraction of sp³-hybridized carbons (Fsp3) is 0.136. The summed E-state index contributed by atoms with van der Waals surface area (Å²) in [6.07, 6.45) is 1.55. The number of carbonyl (C=O) groups excluding carboxylic acids is 2. The van der Waals surface area contributed by atoms with Gasteiger partial charge < -0.3 is 20.1 Å². The largest absolute Gasteiger partial charge is 0.493 e. The van der Waals surface area contributed by atoms with Crippen LogP contribution in [-0.4, -0.2) is 30.9 Å². The molecule has 1 heterocycles. The second-order valence-corrected chi connectivity index (χ2v) is 6.21. The topological polar surface area (TPSA) is 89.5 Å². The first kappa shape index (κ1) is 19.9. The molecular formula is C22H21N3O4. The maximum atomic E-state index is 12.5. The van der Waals surface area contributed by atoms with Crippen LogP contribution in [0.4, 0.5) is 17.1 Å². The van der Waals surface area contributed by atoms with E-state index in [-0.39, 0.29) is 17.4 Å². The number of hydrogen-bond donors (Lipinski definition) is 2. The zero-order valence-corrected chi connectivity index (χ0v) is 16.4. The summed E-state index contributed by atoms with van der Waals surface area (Å²) in [4.78, 5) is 28.0. The number of carbonyl (C=O) groups is 2. The summed E-state index contributed by atoms with van der Waals surface area (Å²) in [5.74, 6) is 0.845. The zero-order chi connectivity index (χ0) is 20.8. The molecule has 0 aliphatic rings. The maximum absolute atomic E-state index is 12.5. The zero-order valence-electron chi connectivity index (χ0n) is 16.4. The average molecular weight is 391 g/mol. The van der Waals surface area contributed by atoms with E-state index >= 15 is 0 Å². The van der Waals surface area contributed by atoms with Gasteiger partial charge in [0.15, 0.2) is 17.3 Å². The number of methoxy groups -OCH3 is 2. The smallest absolute Gasteiger partial charge is 0.274 e. The third-order valence-electron chi connectivity index (χ3n) is 4.21. The van der Waals surface area contributed by atoms with Crippen LogP contribution in [0.25, 0.3) is 0 Å². The van der Waals surface area contributed by atoms with E-state index in [1.165, 1.54) is 6.92 Å². The molecule has 7 heteroatoms. The molecule has 29 heavy (non-hydrogen) atoms. The monoisotopic (exact) mass is 391 g/mol. The molecule has 0 unspecified atom stereocenters. The van der Waals surface area contributed by atoms with Gasteiger partial charge in [0.25, 0.3) is 5.91 Å². The van der Waals surface area contributed by atoms with Crippen LogP contribution in [0.3, 0.4) is 0 Å². The Balaban J connectivity index is 1.73. The van der Waals surface area contributed by atoms with Crippen molar-refractivity contribution in [2.24, 2.45) is 0 Å². The highest BCUT2D eigenvalue weighted by Gasteiger charge is 2.10. The number of anilines is 3. The molecule has 2 N–H and O–H groups in total. The number of ether oxygens (including phenoxy) is 2. The van der Waals surface area contributed by atoms with Crippen LogP contribution in [0.1, 0.15) is 27.8 Å². The Kier molecular flexibility index (Phi) is 6.09. The van der Waals surface area contributed by atoms with Gasteiger partial charge in [-0.2, -0.15) is 0 Å². The van der Waals surface area contributed by atoms with Gasteiger partial charge in [-0.05, 0) is 55.5 Å². The van der Waals surface area contributed by atoms with E-state index in [2.05, 4.69) is 15.6 Å². The standard InChI is InChI=1S/C22H21N3O4/c1-14(26)15-4-6-16(7-5-15)25-22(27)19-12-18(10-11-23-19)24-17-8-9-20(28-2)21(13-17)29-3/h4-13H,1-3H3,(H,23,24)(H,25,27). The first-order valence-corrected chi connectivity index (χ1v) is 8.87. The molecule has 0 aliphatic heterocycles. The van der Waals surface area contributed by atoms with Crippen LogP contribution >= 0.6 is 0 Å². The van der Waals surface area contributed by atoms with Crippen LogP contribution in [0.2, 0.25) is 0 Å². The lowest BCUT2D eigenvalue weighted by Crippen LogP contribution is -2.14. The highest BCUT2D eigenvalue weighted by Crippen LogP contribution is 2.31. The molecule has 1 aromatic heterocycles. The summed E-state index contributed by atoms with van der Waals surface area (Å²) in [5, 5.41) is 5.99. The molecule has 2 aromatic carbocycles. The minimum Gasteiger partial charge on any atom is -0.493 e. The minimum absolute atomic E-state index is 0.0292. The van der Waals surface area contributed by atoms with Crippen LogP contribution in [0, 0.1) is 0 Å². The highest BCUT2D eigenvalue weighted by molar-refractivity contribution is 6.03. The van der Waals surface area contributed by atoms with Gasteiger partial charge in [-0.3, -0.25) is 14.6 Å². The molecule has 0 bridgehead atoms. The molecular weight excluding hydrogens is 370 g/mol. The van der Waals surface area contributed by atoms with Crippen molar-refractivity contribution >= 4 is 28.8 Å². The van der Waals surface area contributed by atoms with Gasteiger partial charge >= 0.3 is 0 Å². The molecule has 0 atom stereocenters. The van der Waals surface area contributed by atoms with Gasteiger partial charge in [0.05, 0.1) is 14.2 Å². The van der Waals surface area contributed by atoms with Crippen molar-refractivity contribution in [2.45, 2.75) is 6.92 Å². The van der Waals surface area contributed by atoms with Gasteiger partial charge in [-0.1, -0.05) is 0 Å². The van der Waals surface area contributed by atoms with Gasteiger partial charge in [0.2, 0.25) is 0 Å². The summed E-state index contributed by atoms with van der Waals surface area (Å²) in [5.41, 5.74) is 2.90. The minimum atomic E-state index is -0.350. The van der Waals surface area contributed by atoms with E-state index in [0.717, 1.165) is 5.69 Å². The van der Waals surface area contributed by atoms with Crippen molar-refractivity contribution in [3.05, 3.63) is 72.1 Å². The Hall–Kier alpha value is -3.87. The summed E-state index contributed by atoms with van der Waals surface area (Å²) >= 11 is 0. The Morgan fingerprint density at radius 3 is 2.14 bits per heavy atom. The lowest BCUT2D eigenvalue weighted by molar-refractivity contribution is 0.101. The Morgan fingerprint density at radius 1 is 0.828 bits per heavy atom. The molecule has 0 saturated carbocycles. The molecule has 3 aromatic rings. The third kappa shape index (κ3) is 4.90. The lowest BCUT2D eigenvalue weighted by atomic mass is 10.1. The van der Waals surface area contributed by atoms with Crippen molar-refractivity contribution in [1.82, 2.24) is 4.98 Å². The molecule has 3 rings (SSSR count). The predicted molar refractivity (Wildman–Crippen MR) is 111 cm³/mol. The highest BCUT2D eigenvalue weighted by atomic mass is 16.5. The Labute approximate surface area is 168 Å². The van der Waals surface area contributed by atoms with Gasteiger partial charge in [0, 0.05) is 34.9 Å². The number of benzene rings is 2. The second-order valence-electron chi connectivity index (χ2n) is 6.21. The Morgan fingerprint density at radius 2 is 1.48 bits per heavy atom. The van der Waals surface area contributed by atoms with Crippen molar-refractivity contribution < 1.29 is 19.1 Å². The van der Waals surface area contributed by atoms with Gasteiger partial charge in [-0.25, -0.2) is 0 Å². The molecule has 0 radical (unpaired) electrons. The summed E-state index contributed by atoms with van der Waals surface area (Å²) < 4.78 is 10.5. The van der Waals surface area contributed by atoms with Crippen molar-refractivity contribution in [3.8, 4) is 11.5 Å². The first-order chi connectivity index (χ1) is 14.0. The van der Waals surface area contributed by atoms with E-state index in [0.29, 0.717) is 28.4 Å². The van der Waals surface area contributed by atoms with E-state index < -0.39 is 0 Å². The fourth-order valence-corrected chi connectivity index (χ4v) is 2.70. The number of amides is 1. The number of pyridine rings is 1. The van der Waals surface area contributed by atoms with E-state index in [1.807, 2.05) is 6.07 Å². The lowest BCUT2D eigenvalue weighted by Gasteiger charge is -2.12. The number of hydrogen-bond acceptors (Lipinski definition) is 6. The molecule has 1 amide bonds. The predicted octanol–water partition coefficient (Wildman–Crippen LogP) is 4.30. The van der Waals surface area contributed by atoms with Crippen LogP contribution in [-0.2, 0) is 0 Å². The van der Waals surface area contributed by atoms with Crippen LogP contribution in [0.15, 0.2) is 60.8 Å². The Bertz CT molecular complexity index is 1030. The number of nitrogens with one attached hydrogen (secondary N) is 2. The normalized spacial score (nSPS) is 10.2. The molecule has 7 nitrogen and oxygen atoms in total. The second kappa shape index (κ2) is 8.88. The van der Waals surface area contributed by atoms with Crippen LogP contribution < -0.4 is 20.1 Å². The van der Waals surface area contributed by atoms with Gasteiger partial charge in [0.1, 0.15) is 5.69 Å². The number of Topliss-reactive ketones (excluding diaryl/α,β-unsaturated/α-hetero) is 1. The van der Waals surface area contributed by atoms with E-state index in [1.54, 1.807) is 68.9 Å².